The fraction of sp³-hybridized carbons (Fsp3) is 0.316. The van der Waals surface area contributed by atoms with Gasteiger partial charge in [-0.3, -0.25) is 4.79 Å². The lowest BCUT2D eigenvalue weighted by Gasteiger charge is -2.17. The molecule has 0 atom stereocenters. The first-order chi connectivity index (χ1) is 10.8. The minimum Gasteiger partial charge on any atom is -0.371 e. The highest BCUT2D eigenvalue weighted by Gasteiger charge is 2.18. The Morgan fingerprint density at radius 2 is 2.00 bits per heavy atom. The Kier molecular flexibility index (Phi) is 4.42. The first-order valence-corrected chi connectivity index (χ1v) is 7.98. The van der Waals surface area contributed by atoms with Crippen LogP contribution in [0.25, 0.3) is 0 Å². The maximum Gasteiger partial charge on any atom is 0.224 e. The van der Waals surface area contributed by atoms with Crippen molar-refractivity contribution in [2.45, 2.75) is 26.2 Å². The molecule has 1 amide bonds. The molecule has 2 aromatic carbocycles. The molecule has 0 unspecified atom stereocenters. The molecule has 2 aromatic rings. The Labute approximate surface area is 132 Å². The number of amides is 1. The minimum atomic E-state index is 0.0739. The van der Waals surface area contributed by atoms with Gasteiger partial charge in [-0.15, -0.1) is 0 Å². The average molecular weight is 294 g/mol. The quantitative estimate of drug-likeness (QED) is 0.913. The Balaban J connectivity index is 1.60. The number of hydrogen-bond donors (Lipinski definition) is 1. The number of carbonyl (C=O) groups is 1. The SMILES string of the molecule is CCN1CCc2ccc(NC(=O)CCc3ccccc3)cc21. The number of carbonyl (C=O) groups excluding carboxylic acids is 1. The molecule has 0 saturated carbocycles. The number of aryl methyl sites for hydroxylation is 1. The van der Waals surface area contributed by atoms with Gasteiger partial charge in [0.15, 0.2) is 0 Å². The zero-order valence-corrected chi connectivity index (χ0v) is 13.0. The summed E-state index contributed by atoms with van der Waals surface area (Å²) in [5, 5.41) is 3.02. The zero-order chi connectivity index (χ0) is 15.4. The maximum atomic E-state index is 12.1. The number of rotatable bonds is 5. The van der Waals surface area contributed by atoms with Crippen LogP contribution in [0.15, 0.2) is 48.5 Å². The van der Waals surface area contributed by atoms with E-state index in [0.717, 1.165) is 31.6 Å². The number of nitrogens with one attached hydrogen (secondary N) is 1. The van der Waals surface area contributed by atoms with E-state index in [0.29, 0.717) is 6.42 Å². The van der Waals surface area contributed by atoms with E-state index in [4.69, 9.17) is 0 Å². The maximum absolute atomic E-state index is 12.1. The molecule has 3 rings (SSSR count). The predicted octanol–water partition coefficient (Wildman–Crippen LogP) is 3.64. The lowest BCUT2D eigenvalue weighted by molar-refractivity contribution is -0.116. The van der Waals surface area contributed by atoms with Gasteiger partial charge in [-0.25, -0.2) is 0 Å². The number of benzene rings is 2. The van der Waals surface area contributed by atoms with Crippen LogP contribution in [0.2, 0.25) is 0 Å². The fourth-order valence-electron chi connectivity index (χ4n) is 2.98. The molecule has 114 valence electrons. The molecule has 1 aliphatic heterocycles. The summed E-state index contributed by atoms with van der Waals surface area (Å²) in [4.78, 5) is 14.5. The van der Waals surface area contributed by atoms with E-state index in [9.17, 15) is 4.79 Å². The van der Waals surface area contributed by atoms with E-state index in [1.807, 2.05) is 24.3 Å². The minimum absolute atomic E-state index is 0.0739. The van der Waals surface area contributed by atoms with Gasteiger partial charge in [0, 0.05) is 30.9 Å². The van der Waals surface area contributed by atoms with E-state index < -0.39 is 0 Å². The highest BCUT2D eigenvalue weighted by Crippen LogP contribution is 2.30. The molecule has 3 heteroatoms. The molecule has 0 saturated heterocycles. The number of likely N-dealkylation sites (N-methyl/N-ethyl adjacent to an activating group) is 1. The second kappa shape index (κ2) is 6.65. The number of fused-ring (bicyclic) bond motifs is 1. The van der Waals surface area contributed by atoms with Crippen LogP contribution in [0.5, 0.6) is 0 Å². The van der Waals surface area contributed by atoms with Crippen LogP contribution in [0, 0.1) is 0 Å². The first-order valence-electron chi connectivity index (χ1n) is 7.98. The third-order valence-corrected chi connectivity index (χ3v) is 4.23. The normalized spacial score (nSPS) is 13.0. The van der Waals surface area contributed by atoms with Crippen LogP contribution in [0.1, 0.15) is 24.5 Å². The molecule has 0 radical (unpaired) electrons. The van der Waals surface area contributed by atoms with Gasteiger partial charge >= 0.3 is 0 Å². The van der Waals surface area contributed by atoms with Gasteiger partial charge in [0.05, 0.1) is 0 Å². The Hall–Kier alpha value is -2.29. The number of anilines is 2. The lowest BCUT2D eigenvalue weighted by atomic mass is 10.1. The average Bonchev–Trinajstić information content (AvgIpc) is 2.96. The Morgan fingerprint density at radius 3 is 2.77 bits per heavy atom. The van der Waals surface area contributed by atoms with Gasteiger partial charge in [0.25, 0.3) is 0 Å². The third kappa shape index (κ3) is 3.30. The highest BCUT2D eigenvalue weighted by atomic mass is 16.1. The summed E-state index contributed by atoms with van der Waals surface area (Å²) in [5.74, 6) is 0.0739. The van der Waals surface area contributed by atoms with Crippen molar-refractivity contribution in [1.29, 1.82) is 0 Å². The van der Waals surface area contributed by atoms with E-state index in [1.54, 1.807) is 0 Å². The van der Waals surface area contributed by atoms with Crippen molar-refractivity contribution < 1.29 is 4.79 Å². The van der Waals surface area contributed by atoms with Crippen molar-refractivity contribution >= 4 is 17.3 Å². The van der Waals surface area contributed by atoms with Crippen LogP contribution >= 0.6 is 0 Å². The van der Waals surface area contributed by atoms with Gasteiger partial charge in [0.2, 0.25) is 5.91 Å². The molecule has 0 fully saturated rings. The zero-order valence-electron chi connectivity index (χ0n) is 13.0. The fourth-order valence-corrected chi connectivity index (χ4v) is 2.98. The van der Waals surface area contributed by atoms with Crippen LogP contribution in [-0.4, -0.2) is 19.0 Å². The van der Waals surface area contributed by atoms with Crippen molar-refractivity contribution in [2.75, 3.05) is 23.3 Å². The summed E-state index contributed by atoms with van der Waals surface area (Å²) in [6, 6.07) is 16.4. The summed E-state index contributed by atoms with van der Waals surface area (Å²) < 4.78 is 0. The molecular weight excluding hydrogens is 272 g/mol. The van der Waals surface area contributed by atoms with Gasteiger partial charge in [-0.05, 0) is 43.0 Å². The Morgan fingerprint density at radius 1 is 1.18 bits per heavy atom. The van der Waals surface area contributed by atoms with Crippen LogP contribution in [0.3, 0.4) is 0 Å². The van der Waals surface area contributed by atoms with Gasteiger partial charge in [-0.2, -0.15) is 0 Å². The monoisotopic (exact) mass is 294 g/mol. The molecular formula is C19H22N2O. The largest absolute Gasteiger partial charge is 0.371 e. The summed E-state index contributed by atoms with van der Waals surface area (Å²) in [7, 11) is 0. The van der Waals surface area contributed by atoms with Crippen molar-refractivity contribution in [1.82, 2.24) is 0 Å². The number of nitrogens with zero attached hydrogens (tertiary/aromatic N) is 1. The molecule has 0 spiro atoms. The van der Waals surface area contributed by atoms with Crippen molar-refractivity contribution in [3.05, 3.63) is 59.7 Å². The van der Waals surface area contributed by atoms with Gasteiger partial charge in [0.1, 0.15) is 0 Å². The molecule has 0 aromatic heterocycles. The smallest absolute Gasteiger partial charge is 0.224 e. The van der Waals surface area contributed by atoms with Crippen molar-refractivity contribution in [3.8, 4) is 0 Å². The Bertz CT molecular complexity index is 652. The molecule has 0 aliphatic carbocycles. The van der Waals surface area contributed by atoms with E-state index >= 15 is 0 Å². The van der Waals surface area contributed by atoms with Crippen LogP contribution < -0.4 is 10.2 Å². The van der Waals surface area contributed by atoms with E-state index in [2.05, 4.69) is 41.4 Å². The predicted molar refractivity (Wildman–Crippen MR) is 91.4 cm³/mol. The number of hydrogen-bond acceptors (Lipinski definition) is 2. The van der Waals surface area contributed by atoms with Crippen molar-refractivity contribution in [3.63, 3.8) is 0 Å². The topological polar surface area (TPSA) is 32.3 Å². The molecule has 1 heterocycles. The summed E-state index contributed by atoms with van der Waals surface area (Å²) >= 11 is 0. The van der Waals surface area contributed by atoms with Crippen LogP contribution in [-0.2, 0) is 17.6 Å². The lowest BCUT2D eigenvalue weighted by Crippen LogP contribution is -2.19. The van der Waals surface area contributed by atoms with Crippen LogP contribution in [0.4, 0.5) is 11.4 Å². The van der Waals surface area contributed by atoms with Gasteiger partial charge < -0.3 is 10.2 Å². The molecule has 22 heavy (non-hydrogen) atoms. The molecule has 1 N–H and O–H groups in total. The van der Waals surface area contributed by atoms with E-state index in [-0.39, 0.29) is 5.91 Å². The molecule has 1 aliphatic rings. The first kappa shape index (κ1) is 14.6. The second-order valence-corrected chi connectivity index (χ2v) is 5.71. The molecule has 0 bridgehead atoms. The summed E-state index contributed by atoms with van der Waals surface area (Å²) in [6.07, 6.45) is 2.39. The molecule has 3 nitrogen and oxygen atoms in total. The highest BCUT2D eigenvalue weighted by molar-refractivity contribution is 5.91. The van der Waals surface area contributed by atoms with Gasteiger partial charge in [-0.1, -0.05) is 36.4 Å². The summed E-state index contributed by atoms with van der Waals surface area (Å²) in [5.41, 5.74) is 4.74. The van der Waals surface area contributed by atoms with E-state index in [1.165, 1.54) is 16.8 Å². The summed E-state index contributed by atoms with van der Waals surface area (Å²) in [6.45, 7) is 4.26. The third-order valence-electron chi connectivity index (χ3n) is 4.23. The van der Waals surface area contributed by atoms with Crippen molar-refractivity contribution in [2.24, 2.45) is 0 Å². The second-order valence-electron chi connectivity index (χ2n) is 5.71. The standard InChI is InChI=1S/C19H22N2O/c1-2-21-13-12-16-9-10-17(14-18(16)21)20-19(22)11-8-15-6-4-3-5-7-15/h3-7,9-10,14H,2,8,11-13H2,1H3,(H,20,22).